The number of pyridine rings is 4. The van der Waals surface area contributed by atoms with Gasteiger partial charge in [0.15, 0.2) is 5.82 Å². The van der Waals surface area contributed by atoms with E-state index in [2.05, 4.69) is 30.0 Å². The van der Waals surface area contributed by atoms with Gasteiger partial charge in [0.2, 0.25) is 0 Å². The third-order valence-electron chi connectivity index (χ3n) is 11.2. The molecule has 18 heteroatoms. The lowest BCUT2D eigenvalue weighted by atomic mass is 10.1. The summed E-state index contributed by atoms with van der Waals surface area (Å²) >= 11 is 0. The van der Waals surface area contributed by atoms with Crippen LogP contribution in [0.3, 0.4) is 0 Å². The number of benzene rings is 3. The first kappa shape index (κ1) is 43.0. The van der Waals surface area contributed by atoms with E-state index in [1.54, 1.807) is 82.6 Å². The lowest BCUT2D eigenvalue weighted by molar-refractivity contribution is -0.137. The number of aromatic nitrogens is 8. The van der Waals surface area contributed by atoms with Gasteiger partial charge in [-0.1, -0.05) is 18.2 Å². The van der Waals surface area contributed by atoms with Crippen molar-refractivity contribution in [2.45, 2.75) is 52.7 Å². The Morgan fingerprint density at radius 3 is 2.24 bits per heavy atom. The molecule has 0 aliphatic carbocycles. The number of aryl methyl sites for hydroxylation is 2. The molecule has 66 heavy (non-hydrogen) atoms. The molecule has 0 radical (unpaired) electrons. The maximum atomic E-state index is 15.0. The fraction of sp³-hybridized carbons (Fsp3) is 0.167. The van der Waals surface area contributed by atoms with E-state index in [0.29, 0.717) is 56.0 Å². The maximum absolute atomic E-state index is 15.0. The molecular weight excluding hydrogens is 853 g/mol. The number of hydrogen-bond donors (Lipinski definition) is 3. The highest BCUT2D eigenvalue weighted by Gasteiger charge is 2.31. The van der Waals surface area contributed by atoms with Gasteiger partial charge in [-0.2, -0.15) is 18.3 Å². The predicted molar refractivity (Wildman–Crippen MR) is 240 cm³/mol. The Balaban J connectivity index is 0.944. The van der Waals surface area contributed by atoms with Crippen LogP contribution in [0.2, 0.25) is 0 Å². The largest absolute Gasteiger partial charge is 0.417 e. The number of rotatable bonds is 12. The highest BCUT2D eigenvalue weighted by atomic mass is 19.4. The highest BCUT2D eigenvalue weighted by Crippen LogP contribution is 2.29. The number of carbonyl (C=O) groups excluding carboxylic acids is 2. The molecule has 0 bridgehead atoms. The first-order valence-corrected chi connectivity index (χ1v) is 20.7. The van der Waals surface area contributed by atoms with Crippen LogP contribution in [0, 0.1) is 19.7 Å². The summed E-state index contributed by atoms with van der Waals surface area (Å²) < 4.78 is 56.6. The van der Waals surface area contributed by atoms with Crippen molar-refractivity contribution < 1.29 is 27.2 Å². The van der Waals surface area contributed by atoms with E-state index < -0.39 is 23.5 Å². The number of alkyl halides is 3. The number of nitrogen functional groups attached to an aromatic ring is 2. The molecule has 0 saturated heterocycles. The topological polar surface area (TPSA) is 191 Å². The summed E-state index contributed by atoms with van der Waals surface area (Å²) in [5.74, 6) is -0.133. The molecule has 0 unspecified atom stereocenters. The Kier molecular flexibility index (Phi) is 11.3. The van der Waals surface area contributed by atoms with E-state index in [-0.39, 0.29) is 50.1 Å². The molecule has 0 atom stereocenters. The molecule has 0 saturated carbocycles. The van der Waals surface area contributed by atoms with E-state index >= 15 is 0 Å². The fourth-order valence-corrected chi connectivity index (χ4v) is 7.82. The number of carbonyl (C=O) groups is 2. The molecule has 0 aliphatic heterocycles. The van der Waals surface area contributed by atoms with Crippen LogP contribution in [0.15, 0.2) is 116 Å². The maximum Gasteiger partial charge on any atom is 0.417 e. The fourth-order valence-electron chi connectivity index (χ4n) is 7.82. The first-order chi connectivity index (χ1) is 31.6. The number of H-pyrrole nitrogens is 1. The lowest BCUT2D eigenvalue weighted by Gasteiger charge is -2.23. The summed E-state index contributed by atoms with van der Waals surface area (Å²) in [7, 11) is 0. The second kappa shape index (κ2) is 17.4. The zero-order valence-corrected chi connectivity index (χ0v) is 35.5. The van der Waals surface area contributed by atoms with Crippen LogP contribution in [0.4, 0.5) is 29.2 Å². The van der Waals surface area contributed by atoms with Crippen LogP contribution < -0.4 is 11.5 Å². The summed E-state index contributed by atoms with van der Waals surface area (Å²) in [5.41, 5.74) is 18.0. The van der Waals surface area contributed by atoms with Gasteiger partial charge in [0.05, 0.1) is 53.0 Å². The van der Waals surface area contributed by atoms with Crippen molar-refractivity contribution in [1.82, 2.24) is 49.5 Å². The molecular formula is C48H40F4N12O2. The Bertz CT molecular complexity index is 3310. The van der Waals surface area contributed by atoms with Crippen molar-refractivity contribution in [2.75, 3.05) is 11.5 Å². The predicted octanol–water partition coefficient (Wildman–Crippen LogP) is 8.32. The van der Waals surface area contributed by atoms with Crippen molar-refractivity contribution in [3.05, 3.63) is 178 Å². The summed E-state index contributed by atoms with van der Waals surface area (Å²) in [6, 6.07) is 24.2. The molecule has 332 valence electrons. The number of aromatic amines is 1. The normalized spacial score (nSPS) is 11.7. The Hall–Kier alpha value is -8.28. The summed E-state index contributed by atoms with van der Waals surface area (Å²) in [6.07, 6.45) is 1.14. The number of nitrogens with one attached hydrogen (secondary N) is 1. The van der Waals surface area contributed by atoms with Gasteiger partial charge in [0.25, 0.3) is 11.8 Å². The number of amides is 2. The van der Waals surface area contributed by atoms with Gasteiger partial charge < -0.3 is 26.3 Å². The van der Waals surface area contributed by atoms with Gasteiger partial charge in [0.1, 0.15) is 23.8 Å². The molecule has 6 heterocycles. The minimum absolute atomic E-state index is 0.000781. The zero-order valence-electron chi connectivity index (χ0n) is 35.5. The molecule has 0 aliphatic rings. The van der Waals surface area contributed by atoms with Crippen LogP contribution in [-0.2, 0) is 38.9 Å². The van der Waals surface area contributed by atoms with Gasteiger partial charge in [0, 0.05) is 64.7 Å². The van der Waals surface area contributed by atoms with Gasteiger partial charge in [-0.25, -0.2) is 24.0 Å². The van der Waals surface area contributed by atoms with Gasteiger partial charge in [-0.05, 0) is 103 Å². The second-order valence-corrected chi connectivity index (χ2v) is 16.1. The van der Waals surface area contributed by atoms with Gasteiger partial charge in [-0.3, -0.25) is 19.6 Å². The van der Waals surface area contributed by atoms with Crippen molar-refractivity contribution in [1.29, 1.82) is 0 Å². The summed E-state index contributed by atoms with van der Waals surface area (Å²) in [6.45, 7) is 3.85. The van der Waals surface area contributed by atoms with E-state index in [4.69, 9.17) is 16.5 Å². The number of halogens is 4. The minimum Gasteiger partial charge on any atom is -0.384 e. The summed E-state index contributed by atoms with van der Waals surface area (Å²) in [5, 5.41) is 6.10. The Morgan fingerprint density at radius 1 is 0.742 bits per heavy atom. The van der Waals surface area contributed by atoms with Crippen LogP contribution >= 0.6 is 0 Å². The van der Waals surface area contributed by atoms with Crippen LogP contribution in [0.5, 0.6) is 0 Å². The number of anilines is 2. The van der Waals surface area contributed by atoms with E-state index in [1.807, 2.05) is 26.0 Å². The third kappa shape index (κ3) is 9.06. The van der Waals surface area contributed by atoms with Gasteiger partial charge >= 0.3 is 6.18 Å². The molecule has 2 amide bonds. The molecule has 9 aromatic rings. The average molecular weight is 893 g/mol. The van der Waals surface area contributed by atoms with Crippen molar-refractivity contribution in [3.8, 4) is 0 Å². The van der Waals surface area contributed by atoms with Crippen molar-refractivity contribution in [2.24, 2.45) is 0 Å². The second-order valence-electron chi connectivity index (χ2n) is 16.1. The first-order valence-electron chi connectivity index (χ1n) is 20.7. The lowest BCUT2D eigenvalue weighted by Crippen LogP contribution is -2.31. The standard InChI is InChI=1S/C48H40F4N12O2/c1-27-14-42(53)59-40-12-8-31(17-37(27)40)47(66)63(24-36-10-9-35(20-55-36)48(50,51)52)25-43-58-26-64(61-43)21-29-15-41-44(57-18-29)34(19-56-41)23-62(22-32-5-3-4-6-38(32)49)46(65)30-7-11-39-33(16-30)13-28(2)45(54)60-39/h3-20,26,56H,21-25H2,1-2H3,(H2,53,59)(H2,54,60). The van der Waals surface area contributed by atoms with Crippen LogP contribution in [0.1, 0.15) is 65.6 Å². The zero-order chi connectivity index (χ0) is 46.3. The summed E-state index contributed by atoms with van der Waals surface area (Å²) in [4.78, 5) is 56.6. The number of fused-ring (bicyclic) bond motifs is 3. The van der Waals surface area contributed by atoms with E-state index in [9.17, 15) is 27.2 Å². The molecule has 0 fully saturated rings. The number of nitrogens with zero attached hydrogens (tertiary/aromatic N) is 9. The SMILES string of the molecule is Cc1cc2cc(C(=O)N(Cc3ccccc3F)Cc3c[nH]c4cc(Cn5cnc(CN(Cc6ccc(C(F)(F)F)cn6)C(=O)c6ccc7nc(N)cc(C)c7c6)n5)cnc34)ccc2nc1N. The number of nitrogens with two attached hydrogens (primary N) is 2. The molecule has 14 nitrogen and oxygen atoms in total. The van der Waals surface area contributed by atoms with Crippen molar-refractivity contribution in [3.63, 3.8) is 0 Å². The van der Waals surface area contributed by atoms with Gasteiger partial charge in [-0.15, -0.1) is 0 Å². The molecule has 0 spiro atoms. The van der Waals surface area contributed by atoms with E-state index in [0.717, 1.165) is 39.7 Å². The monoisotopic (exact) mass is 892 g/mol. The van der Waals surface area contributed by atoms with Crippen LogP contribution in [0.25, 0.3) is 32.8 Å². The van der Waals surface area contributed by atoms with E-state index in [1.165, 1.54) is 23.4 Å². The van der Waals surface area contributed by atoms with Crippen molar-refractivity contribution >= 4 is 56.3 Å². The third-order valence-corrected chi connectivity index (χ3v) is 11.2. The molecule has 6 aromatic heterocycles. The molecule has 5 N–H and O–H groups in total. The minimum atomic E-state index is -4.57. The molecule has 3 aromatic carbocycles. The average Bonchev–Trinajstić information content (AvgIpc) is 3.91. The quantitative estimate of drug-likeness (QED) is 0.101. The van der Waals surface area contributed by atoms with Crippen LogP contribution in [-0.4, -0.2) is 61.3 Å². The smallest absolute Gasteiger partial charge is 0.384 e. The highest BCUT2D eigenvalue weighted by molar-refractivity contribution is 5.99. The Labute approximate surface area is 374 Å². The Morgan fingerprint density at radius 2 is 1.48 bits per heavy atom. The molecule has 9 rings (SSSR count). The number of hydrogen-bond acceptors (Lipinski definition) is 10.